The van der Waals surface area contributed by atoms with Crippen LogP contribution in [0.4, 0.5) is 4.79 Å². The molecule has 0 spiro atoms. The highest BCUT2D eigenvalue weighted by molar-refractivity contribution is 7.99. The van der Waals surface area contributed by atoms with E-state index in [1.54, 1.807) is 0 Å². The van der Waals surface area contributed by atoms with E-state index in [1.165, 1.54) is 101 Å². The third-order valence-electron chi connectivity index (χ3n) is 7.14. The van der Waals surface area contributed by atoms with E-state index in [0.717, 1.165) is 12.8 Å². The molecule has 226 valence electrons. The van der Waals surface area contributed by atoms with Crippen LogP contribution in [0.5, 0.6) is 0 Å². The second-order valence-corrected chi connectivity index (χ2v) is 13.6. The van der Waals surface area contributed by atoms with Crippen LogP contribution in [-0.2, 0) is 13.8 Å². The molecule has 1 rings (SSSR count). The molecule has 0 heterocycles. The summed E-state index contributed by atoms with van der Waals surface area (Å²) in [6, 6.07) is 11.1. The van der Waals surface area contributed by atoms with Gasteiger partial charge < -0.3 is 19.3 Å². The Morgan fingerprint density at radius 1 is 0.821 bits per heavy atom. The number of benzene rings is 1. The van der Waals surface area contributed by atoms with Crippen molar-refractivity contribution in [3.63, 3.8) is 0 Å². The summed E-state index contributed by atoms with van der Waals surface area (Å²) < 4.78 is 21.4. The minimum Gasteiger partial charge on any atom is -0.472 e. The van der Waals surface area contributed by atoms with Gasteiger partial charge >= 0.3 is 13.3 Å². The number of unbranched alkanes of at least 4 members (excludes halogenated alkanes) is 10. The predicted octanol–water partition coefficient (Wildman–Crippen LogP) is 10.0. The van der Waals surface area contributed by atoms with Crippen molar-refractivity contribution in [3.05, 3.63) is 35.9 Å². The lowest BCUT2D eigenvalue weighted by Crippen LogP contribution is -2.11. The third-order valence-corrected chi connectivity index (χ3v) is 9.25. The highest BCUT2D eigenvalue weighted by Crippen LogP contribution is 2.42. The van der Waals surface area contributed by atoms with Crippen LogP contribution in [0.15, 0.2) is 30.3 Å². The van der Waals surface area contributed by atoms with Crippen LogP contribution < -0.4 is 0 Å². The molecule has 0 bridgehead atoms. The molecule has 0 amide bonds. The van der Waals surface area contributed by atoms with Gasteiger partial charge in [-0.15, -0.1) is 0 Å². The first-order valence-corrected chi connectivity index (χ1v) is 18.0. The Bertz CT molecular complexity index is 763. The van der Waals surface area contributed by atoms with Crippen molar-refractivity contribution in [2.24, 2.45) is 0 Å². The third kappa shape index (κ3) is 19.8. The molecular formula is C31H55O6PS. The van der Waals surface area contributed by atoms with E-state index in [4.69, 9.17) is 14.7 Å². The van der Waals surface area contributed by atoms with Crippen LogP contribution in [0.3, 0.4) is 0 Å². The Balaban J connectivity index is 2.00. The Morgan fingerprint density at radius 3 is 2.10 bits per heavy atom. The minimum atomic E-state index is -4.53. The largest absolute Gasteiger partial charge is 0.472 e. The van der Waals surface area contributed by atoms with E-state index in [9.17, 15) is 9.36 Å². The average molecular weight is 587 g/mol. The molecule has 6 nitrogen and oxygen atoms in total. The van der Waals surface area contributed by atoms with Crippen molar-refractivity contribution in [1.29, 1.82) is 0 Å². The van der Waals surface area contributed by atoms with Gasteiger partial charge in [0.25, 0.3) is 0 Å². The van der Waals surface area contributed by atoms with Gasteiger partial charge in [-0.05, 0) is 62.0 Å². The molecule has 1 aromatic carbocycles. The molecule has 0 aliphatic rings. The lowest BCUT2D eigenvalue weighted by Gasteiger charge is -2.17. The summed E-state index contributed by atoms with van der Waals surface area (Å²) in [5.74, 6) is 3.24. The van der Waals surface area contributed by atoms with Gasteiger partial charge in [-0.3, -0.25) is 0 Å². The fourth-order valence-electron chi connectivity index (χ4n) is 4.71. The second kappa shape index (κ2) is 23.8. The molecule has 1 aromatic rings. The van der Waals surface area contributed by atoms with E-state index < -0.39 is 13.3 Å². The molecule has 0 radical (unpaired) electrons. The van der Waals surface area contributed by atoms with Crippen LogP contribution in [0.1, 0.15) is 128 Å². The van der Waals surface area contributed by atoms with Gasteiger partial charge in [0.2, 0.25) is 0 Å². The maximum atomic E-state index is 11.2. The minimum absolute atomic E-state index is 0.0993. The number of hydrogen-bond donors (Lipinski definition) is 2. The van der Waals surface area contributed by atoms with Gasteiger partial charge in [0.15, 0.2) is 0 Å². The first-order chi connectivity index (χ1) is 18.9. The van der Waals surface area contributed by atoms with E-state index in [0.29, 0.717) is 18.9 Å². The molecule has 0 aliphatic carbocycles. The summed E-state index contributed by atoms with van der Waals surface area (Å²) in [5.41, 5.74) is -0.295. The lowest BCUT2D eigenvalue weighted by molar-refractivity contribution is 0.0499. The first-order valence-electron chi connectivity index (χ1n) is 15.3. The summed E-state index contributed by atoms with van der Waals surface area (Å²) >= 11 is 2.13. The number of carbonyl (C=O) groups is 1. The maximum Gasteiger partial charge on any atom is 0.435 e. The Kier molecular flexibility index (Phi) is 22.1. The topological polar surface area (TPSA) is 93.1 Å². The zero-order valence-corrected chi connectivity index (χ0v) is 26.3. The molecular weight excluding hydrogens is 531 g/mol. The van der Waals surface area contributed by atoms with Crippen LogP contribution >= 0.6 is 19.4 Å². The number of thioether (sulfide) groups is 1. The Labute approximate surface area is 242 Å². The number of hydrogen-bond acceptors (Lipinski definition) is 5. The van der Waals surface area contributed by atoms with Gasteiger partial charge in [0, 0.05) is 6.61 Å². The van der Waals surface area contributed by atoms with Gasteiger partial charge in [-0.2, -0.15) is 11.8 Å². The first kappa shape index (κ1) is 36.2. The average Bonchev–Trinajstić information content (AvgIpc) is 2.92. The van der Waals surface area contributed by atoms with Crippen molar-refractivity contribution in [1.82, 2.24) is 0 Å². The molecule has 0 fully saturated rings. The summed E-state index contributed by atoms with van der Waals surface area (Å²) in [4.78, 5) is 19.6. The zero-order valence-electron chi connectivity index (χ0n) is 24.6. The van der Waals surface area contributed by atoms with Gasteiger partial charge in [-0.1, -0.05) is 108 Å². The van der Waals surface area contributed by atoms with Crippen LogP contribution in [-0.4, -0.2) is 46.5 Å². The van der Waals surface area contributed by atoms with E-state index >= 15 is 0 Å². The Hall–Kier alpha value is -0.850. The molecule has 0 aliphatic heterocycles. The van der Waals surface area contributed by atoms with Crippen LogP contribution in [0.25, 0.3) is 0 Å². The molecule has 0 saturated carbocycles. The number of ether oxygens (including phenoxy) is 1. The van der Waals surface area contributed by atoms with Gasteiger partial charge in [-0.25, -0.2) is 9.36 Å². The van der Waals surface area contributed by atoms with E-state index in [2.05, 4.69) is 53.5 Å². The lowest BCUT2D eigenvalue weighted by atomic mass is 9.91. The van der Waals surface area contributed by atoms with E-state index in [1.807, 2.05) is 6.92 Å². The van der Waals surface area contributed by atoms with Crippen molar-refractivity contribution >= 4 is 25.1 Å². The summed E-state index contributed by atoms with van der Waals surface area (Å²) in [5, 5.41) is 8.54. The zero-order chi connectivity index (χ0) is 28.6. The highest BCUT2D eigenvalue weighted by atomic mass is 32.2. The van der Waals surface area contributed by atoms with Crippen molar-refractivity contribution in [2.45, 2.75) is 129 Å². The van der Waals surface area contributed by atoms with Crippen LogP contribution in [0, 0.1) is 0 Å². The molecule has 3 unspecified atom stereocenters. The van der Waals surface area contributed by atoms with Crippen LogP contribution in [0.2, 0.25) is 0 Å². The fourth-order valence-corrected chi connectivity index (χ4v) is 6.27. The normalized spacial score (nSPS) is 14.6. The SMILES string of the molecule is CCCCCCCCC(CCSCCCCCCCCC(C)OCCCOP(=O)(O)C(=O)O)c1ccccc1. The van der Waals surface area contributed by atoms with E-state index in [-0.39, 0.29) is 12.7 Å². The van der Waals surface area contributed by atoms with Crippen molar-refractivity contribution < 1.29 is 28.6 Å². The maximum absolute atomic E-state index is 11.2. The monoisotopic (exact) mass is 586 g/mol. The fraction of sp³-hybridized carbons (Fsp3) is 0.774. The smallest absolute Gasteiger partial charge is 0.435 e. The Morgan fingerprint density at radius 2 is 1.44 bits per heavy atom. The standard InChI is InChI=1S/C31H55O6PS/c1-3-4-5-6-10-14-22-30(29-20-15-12-16-21-29)23-27-39-26-17-11-8-7-9-13-19-28(2)36-24-18-25-37-38(34,35)31(32)33/h12,15-16,20-21,28,30H,3-11,13-14,17-19,22-27H2,1-2H3,(H,32,33)(H,34,35). The predicted molar refractivity (Wildman–Crippen MR) is 165 cm³/mol. The summed E-state index contributed by atoms with van der Waals surface area (Å²) in [7, 11) is -4.53. The molecule has 8 heteroatoms. The summed E-state index contributed by atoms with van der Waals surface area (Å²) in [6.07, 6.45) is 19.9. The quantitative estimate of drug-likeness (QED) is 0.0782. The molecule has 39 heavy (non-hydrogen) atoms. The summed E-state index contributed by atoms with van der Waals surface area (Å²) in [6.45, 7) is 4.60. The van der Waals surface area contributed by atoms with Gasteiger partial charge in [0.05, 0.1) is 12.7 Å². The molecule has 2 N–H and O–H groups in total. The molecule has 3 atom stereocenters. The van der Waals surface area contributed by atoms with Crippen molar-refractivity contribution in [2.75, 3.05) is 24.7 Å². The highest BCUT2D eigenvalue weighted by Gasteiger charge is 2.29. The van der Waals surface area contributed by atoms with Gasteiger partial charge in [0.1, 0.15) is 0 Å². The van der Waals surface area contributed by atoms with Crippen molar-refractivity contribution in [3.8, 4) is 0 Å². The second-order valence-electron chi connectivity index (χ2n) is 10.6. The number of rotatable bonds is 27. The molecule has 0 saturated heterocycles. The number of carboxylic acid groups (broad SMARTS) is 1. The molecule has 0 aromatic heterocycles.